The normalized spacial score (nSPS) is 24.0. The van der Waals surface area contributed by atoms with E-state index in [9.17, 15) is 9.79 Å². The van der Waals surface area contributed by atoms with Crippen LogP contribution in [0.1, 0.15) is 51.7 Å². The number of hydrogen-bond acceptors (Lipinski definition) is 10. The second kappa shape index (κ2) is 9.13. The second-order valence-electron chi connectivity index (χ2n) is 7.69. The number of anilines is 1. The molecular formula is C17H26ClN5O6P+. The third-order valence-electron chi connectivity index (χ3n) is 5.60. The molecule has 2 aromatic rings. The van der Waals surface area contributed by atoms with Gasteiger partial charge in [0.1, 0.15) is 5.82 Å². The summed E-state index contributed by atoms with van der Waals surface area (Å²) in [5, 5.41) is 17.4. The molecule has 3 heterocycles. The van der Waals surface area contributed by atoms with E-state index in [0.29, 0.717) is 30.3 Å². The van der Waals surface area contributed by atoms with Gasteiger partial charge in [-0.05, 0) is 42.0 Å². The van der Waals surface area contributed by atoms with Crippen LogP contribution in [0.25, 0.3) is 11.0 Å². The Bertz CT molecular complexity index is 880. The van der Waals surface area contributed by atoms with E-state index >= 15 is 0 Å². The number of aromatic nitrogens is 4. The van der Waals surface area contributed by atoms with Crippen molar-refractivity contribution >= 4 is 36.4 Å². The number of hydrogen-bond donors (Lipinski definition) is 4. The third-order valence-corrected chi connectivity index (χ3v) is 7.10. The predicted molar refractivity (Wildman–Crippen MR) is 110 cm³/mol. The van der Waals surface area contributed by atoms with Gasteiger partial charge in [-0.15, -0.1) is 0 Å². The van der Waals surface area contributed by atoms with Crippen LogP contribution in [0.3, 0.4) is 0 Å². The van der Waals surface area contributed by atoms with Gasteiger partial charge in [-0.1, -0.05) is 12.8 Å². The maximum Gasteiger partial charge on any atom is 0.475 e. The van der Waals surface area contributed by atoms with Gasteiger partial charge < -0.3 is 14.8 Å². The summed E-state index contributed by atoms with van der Waals surface area (Å²) in [6, 6.07) is 0.379. The lowest BCUT2D eigenvalue weighted by Crippen LogP contribution is -2.23. The van der Waals surface area contributed by atoms with Gasteiger partial charge in [0.25, 0.3) is 0 Å². The van der Waals surface area contributed by atoms with Gasteiger partial charge in [0.15, 0.2) is 11.9 Å². The van der Waals surface area contributed by atoms with E-state index in [2.05, 4.69) is 25.1 Å². The number of nitrogens with zero attached hydrogens (tertiary/aromatic N) is 4. The lowest BCUT2D eigenvalue weighted by atomic mass is 10.2. The number of rotatable bonds is 8. The van der Waals surface area contributed by atoms with Gasteiger partial charge in [0.05, 0.1) is 24.3 Å². The third kappa shape index (κ3) is 4.68. The van der Waals surface area contributed by atoms with Crippen LogP contribution in [0, 0.1) is 0 Å². The smallest absolute Gasteiger partial charge is 0.367 e. The first-order valence-electron chi connectivity index (χ1n) is 9.99. The summed E-state index contributed by atoms with van der Waals surface area (Å²) in [5.41, 5.74) is 0.597. The summed E-state index contributed by atoms with van der Waals surface area (Å²) < 4.78 is 16.8. The Morgan fingerprint density at radius 2 is 2.07 bits per heavy atom. The molecule has 13 heteroatoms. The van der Waals surface area contributed by atoms with Crippen LogP contribution in [-0.2, 0) is 14.1 Å². The average Bonchev–Trinajstić information content (AvgIpc) is 3.46. The minimum absolute atomic E-state index is 0.118. The van der Waals surface area contributed by atoms with Crippen molar-refractivity contribution in [2.24, 2.45) is 0 Å². The van der Waals surface area contributed by atoms with Gasteiger partial charge in [-0.2, -0.15) is 24.9 Å². The molecule has 166 valence electrons. The number of ether oxygens (including phenoxy) is 2. The van der Waals surface area contributed by atoms with Crippen LogP contribution < -0.4 is 5.32 Å². The molecule has 1 saturated heterocycles. The van der Waals surface area contributed by atoms with Crippen LogP contribution >= 0.6 is 19.5 Å². The highest BCUT2D eigenvalue weighted by molar-refractivity contribution is 7.60. The molecular weight excluding hydrogens is 437 g/mol. The summed E-state index contributed by atoms with van der Waals surface area (Å²) in [4.78, 5) is 27.8. The predicted octanol–water partition coefficient (Wildman–Crippen LogP) is 3.11. The minimum atomic E-state index is -3.97. The fourth-order valence-electron chi connectivity index (χ4n) is 3.88. The molecule has 2 fully saturated rings. The molecule has 2 aromatic heterocycles. The molecule has 3 atom stereocenters. The molecule has 0 spiro atoms. The van der Waals surface area contributed by atoms with Crippen molar-refractivity contribution in [1.29, 1.82) is 0 Å². The van der Waals surface area contributed by atoms with E-state index in [-0.39, 0.29) is 24.2 Å². The van der Waals surface area contributed by atoms with E-state index in [1.54, 1.807) is 10.9 Å². The fourth-order valence-corrected chi connectivity index (χ4v) is 4.46. The molecule has 30 heavy (non-hydrogen) atoms. The number of fused-ring (bicyclic) bond motifs is 1. The van der Waals surface area contributed by atoms with Crippen molar-refractivity contribution in [3.63, 3.8) is 0 Å². The monoisotopic (exact) mass is 462 g/mol. The Morgan fingerprint density at radius 3 is 2.80 bits per heavy atom. The minimum Gasteiger partial charge on any atom is -0.367 e. The van der Waals surface area contributed by atoms with Crippen molar-refractivity contribution in [2.75, 3.05) is 11.9 Å². The topological polar surface area (TPSA) is 144 Å². The van der Waals surface area contributed by atoms with E-state index in [1.807, 2.05) is 0 Å². The maximum absolute atomic E-state index is 9.52. The highest BCUT2D eigenvalue weighted by atomic mass is 35.5. The average molecular weight is 463 g/mol. The fraction of sp³-hybridized carbons (Fsp3) is 0.706. The first-order valence-corrected chi connectivity index (χ1v) is 12.0. The summed E-state index contributed by atoms with van der Waals surface area (Å²) in [6.45, 7) is 1.53. The molecule has 11 nitrogen and oxygen atoms in total. The van der Waals surface area contributed by atoms with Crippen molar-refractivity contribution in [3.05, 3.63) is 11.5 Å². The molecule has 0 bridgehead atoms. The van der Waals surface area contributed by atoms with E-state index in [0.717, 1.165) is 18.2 Å². The molecule has 1 aliphatic carbocycles. The maximum atomic E-state index is 9.52. The van der Waals surface area contributed by atoms with E-state index in [4.69, 9.17) is 26.3 Å². The van der Waals surface area contributed by atoms with Crippen LogP contribution in [-0.4, -0.2) is 59.4 Å². The summed E-state index contributed by atoms with van der Waals surface area (Å²) in [6.07, 6.45) is 7.08. The van der Waals surface area contributed by atoms with Crippen LogP contribution in [0.2, 0.25) is 5.28 Å². The Morgan fingerprint density at radius 1 is 1.30 bits per heavy atom. The Balaban J connectivity index is 1.44. The summed E-state index contributed by atoms with van der Waals surface area (Å²) in [7, 11) is -3.97. The van der Waals surface area contributed by atoms with Crippen LogP contribution in [0.15, 0.2) is 6.20 Å². The Labute approximate surface area is 178 Å². The van der Waals surface area contributed by atoms with E-state index in [1.165, 1.54) is 19.8 Å². The Kier molecular flexibility index (Phi) is 6.71. The molecule has 3 unspecified atom stereocenters. The number of halogens is 1. The molecule has 1 aliphatic heterocycles. The number of nitrogens with one attached hydrogen (secondary N) is 1. The zero-order chi connectivity index (χ0) is 21.3. The first-order chi connectivity index (χ1) is 14.4. The molecule has 0 radical (unpaired) electrons. The molecule has 4 N–H and O–H groups in total. The van der Waals surface area contributed by atoms with Gasteiger partial charge in [0.2, 0.25) is 11.1 Å². The van der Waals surface area contributed by atoms with E-state index < -0.39 is 13.8 Å². The zero-order valence-electron chi connectivity index (χ0n) is 16.5. The zero-order valence-corrected chi connectivity index (χ0v) is 18.2. The SMILES string of the molecule is CC(OCC1CCC(n2ncc3c(NC4CCCC4)nc(Cl)nc32)O1)[P+](O)(O)OO. The summed E-state index contributed by atoms with van der Waals surface area (Å²) >= 11 is 6.17. The highest BCUT2D eigenvalue weighted by Crippen LogP contribution is 2.55. The highest BCUT2D eigenvalue weighted by Gasteiger charge is 2.46. The first kappa shape index (κ1) is 22.0. The summed E-state index contributed by atoms with van der Waals surface area (Å²) in [5.74, 6) is -0.378. The standard InChI is InChI=1S/C17H25ClN5O6P/c1-10(30(25,26)29-24)27-9-12-6-7-14(28-12)23-16-13(8-19-23)15(21-17(18)22-16)20-11-4-2-3-5-11/h8,10-12,14,25-26H,2-7,9H2,1H3,(H-,20,21,22,24)/p+1. The quantitative estimate of drug-likeness (QED) is 0.200. The lowest BCUT2D eigenvalue weighted by molar-refractivity contribution is -0.163. The lowest BCUT2D eigenvalue weighted by Gasteiger charge is -2.18. The molecule has 0 aromatic carbocycles. The molecule has 4 rings (SSSR count). The van der Waals surface area contributed by atoms with Crippen molar-refractivity contribution in [3.8, 4) is 0 Å². The molecule has 2 aliphatic rings. The van der Waals surface area contributed by atoms with Gasteiger partial charge >= 0.3 is 7.94 Å². The second-order valence-corrected chi connectivity index (χ2v) is 10.1. The van der Waals surface area contributed by atoms with Gasteiger partial charge in [-0.3, -0.25) is 0 Å². The molecule has 0 amide bonds. The molecule has 1 saturated carbocycles. The van der Waals surface area contributed by atoms with Crippen molar-refractivity contribution in [1.82, 2.24) is 19.7 Å². The van der Waals surface area contributed by atoms with Crippen LogP contribution in [0.5, 0.6) is 0 Å². The largest absolute Gasteiger partial charge is 0.475 e. The van der Waals surface area contributed by atoms with Crippen LogP contribution in [0.4, 0.5) is 5.82 Å². The Hall–Kier alpha value is -1.17. The van der Waals surface area contributed by atoms with Gasteiger partial charge in [-0.25, -0.2) is 9.94 Å². The van der Waals surface area contributed by atoms with Gasteiger partial charge in [0, 0.05) is 13.0 Å². The van der Waals surface area contributed by atoms with Crippen molar-refractivity contribution in [2.45, 2.75) is 69.7 Å². The van der Waals surface area contributed by atoms with Crippen molar-refractivity contribution < 1.29 is 29.2 Å².